The maximum atomic E-state index is 12.8. The summed E-state index contributed by atoms with van der Waals surface area (Å²) < 4.78 is 0. The van der Waals surface area contributed by atoms with E-state index in [2.05, 4.69) is 15.4 Å². The third-order valence-corrected chi connectivity index (χ3v) is 5.20. The van der Waals surface area contributed by atoms with Gasteiger partial charge < -0.3 is 4.90 Å². The van der Waals surface area contributed by atoms with Crippen molar-refractivity contribution in [1.82, 2.24) is 9.89 Å². The molecule has 7 heteroatoms. The molecule has 0 spiro atoms. The average Bonchev–Trinajstić information content (AvgIpc) is 2.72. The summed E-state index contributed by atoms with van der Waals surface area (Å²) in [5.41, 5.74) is 3.12. The molecule has 1 N–H and O–H groups in total. The minimum absolute atomic E-state index is 0.136. The molecule has 2 aromatic carbocycles. The number of piperidine rings is 1. The number of fused-ring (bicyclic) bond motifs is 1. The molecule has 1 saturated heterocycles. The Bertz CT molecular complexity index is 1060. The second-order valence-corrected chi connectivity index (χ2v) is 7.41. The van der Waals surface area contributed by atoms with E-state index in [1.54, 1.807) is 30.3 Å². The predicted molar refractivity (Wildman–Crippen MR) is 112 cm³/mol. The quantitative estimate of drug-likeness (QED) is 0.734. The van der Waals surface area contributed by atoms with Crippen molar-refractivity contribution < 1.29 is 4.79 Å². The smallest absolute Gasteiger partial charge is 0.294 e. The van der Waals surface area contributed by atoms with E-state index in [4.69, 9.17) is 11.6 Å². The predicted octanol–water partition coefficient (Wildman–Crippen LogP) is 3.35. The molecule has 1 amide bonds. The number of hydrogen-bond acceptors (Lipinski definition) is 4. The molecule has 0 saturated carbocycles. The first-order valence-electron chi connectivity index (χ1n) is 9.43. The third-order valence-electron chi connectivity index (χ3n) is 4.95. The van der Waals surface area contributed by atoms with Gasteiger partial charge in [0.15, 0.2) is 5.82 Å². The molecule has 2 heterocycles. The summed E-state index contributed by atoms with van der Waals surface area (Å²) in [4.78, 5) is 28.6. The highest BCUT2D eigenvalue weighted by Crippen LogP contribution is 2.24. The molecule has 0 atom stereocenters. The first-order valence-corrected chi connectivity index (χ1v) is 9.81. The summed E-state index contributed by atoms with van der Waals surface area (Å²) in [6.45, 7) is 1.79. The molecule has 28 heavy (non-hydrogen) atoms. The number of halogens is 1. The van der Waals surface area contributed by atoms with Gasteiger partial charge in [-0.3, -0.25) is 9.59 Å². The summed E-state index contributed by atoms with van der Waals surface area (Å²) in [5, 5.41) is 6.47. The highest BCUT2D eigenvalue weighted by atomic mass is 35.5. The Morgan fingerprint density at radius 2 is 1.68 bits per heavy atom. The molecule has 1 aliphatic rings. The summed E-state index contributed by atoms with van der Waals surface area (Å²) in [6, 6.07) is 14.5. The molecule has 3 aromatic rings. The Balaban J connectivity index is 1.66. The second kappa shape index (κ2) is 8.02. The van der Waals surface area contributed by atoms with E-state index >= 15 is 0 Å². The van der Waals surface area contributed by atoms with Gasteiger partial charge in [0.25, 0.3) is 5.56 Å². The molecule has 0 unspecified atom stereocenters. The summed E-state index contributed by atoms with van der Waals surface area (Å²) >= 11 is 5.88. The molecule has 0 bridgehead atoms. The van der Waals surface area contributed by atoms with Gasteiger partial charge in [0, 0.05) is 23.5 Å². The molecule has 6 nitrogen and oxygen atoms in total. The lowest BCUT2D eigenvalue weighted by atomic mass is 10.1. The lowest BCUT2D eigenvalue weighted by Crippen LogP contribution is -2.39. The van der Waals surface area contributed by atoms with E-state index in [0.29, 0.717) is 10.4 Å². The van der Waals surface area contributed by atoms with Gasteiger partial charge in [-0.05, 0) is 43.0 Å². The Morgan fingerprint density at radius 3 is 2.39 bits per heavy atom. The van der Waals surface area contributed by atoms with Crippen LogP contribution in [0.3, 0.4) is 0 Å². The fraction of sp³-hybridized carbons (Fsp3) is 0.286. The van der Waals surface area contributed by atoms with Crippen LogP contribution >= 0.6 is 11.6 Å². The molecule has 1 aliphatic heterocycles. The van der Waals surface area contributed by atoms with Crippen LogP contribution in [0, 0.1) is 0 Å². The van der Waals surface area contributed by atoms with Gasteiger partial charge in [-0.2, -0.15) is 0 Å². The number of nitrogens with one attached hydrogen (secondary N) is 1. The minimum atomic E-state index is -0.333. The van der Waals surface area contributed by atoms with E-state index < -0.39 is 0 Å². The number of aromatic nitrogens is 2. The van der Waals surface area contributed by atoms with Crippen LogP contribution in [0.15, 0.2) is 53.3 Å². The fourth-order valence-electron chi connectivity index (χ4n) is 3.53. The highest BCUT2D eigenvalue weighted by Gasteiger charge is 2.19. The normalized spacial score (nSPS) is 14.2. The topological polar surface area (TPSA) is 67.2 Å². The number of carbonyl (C=O) groups is 1. The van der Waals surface area contributed by atoms with E-state index in [0.717, 1.165) is 47.5 Å². The number of benzene rings is 2. The molecule has 1 fully saturated rings. The van der Waals surface area contributed by atoms with Crippen molar-refractivity contribution in [2.24, 2.45) is 0 Å². The van der Waals surface area contributed by atoms with Gasteiger partial charge in [-0.25, -0.2) is 5.43 Å². The van der Waals surface area contributed by atoms with Crippen molar-refractivity contribution in [2.75, 3.05) is 23.4 Å². The van der Waals surface area contributed by atoms with Crippen LogP contribution in [0.4, 0.5) is 5.82 Å². The van der Waals surface area contributed by atoms with Crippen LogP contribution in [0.5, 0.6) is 0 Å². The number of nitrogens with zero attached hydrogens (tertiary/aromatic N) is 3. The first kappa shape index (κ1) is 18.5. The Hall–Kier alpha value is -2.86. The molecule has 144 valence electrons. The Labute approximate surface area is 167 Å². The highest BCUT2D eigenvalue weighted by molar-refractivity contribution is 6.30. The van der Waals surface area contributed by atoms with Crippen molar-refractivity contribution in [3.05, 3.63) is 69.5 Å². The van der Waals surface area contributed by atoms with E-state index in [9.17, 15) is 9.59 Å². The summed E-state index contributed by atoms with van der Waals surface area (Å²) in [7, 11) is 0. The number of rotatable bonds is 4. The van der Waals surface area contributed by atoms with E-state index in [1.807, 2.05) is 18.2 Å². The van der Waals surface area contributed by atoms with Crippen LogP contribution in [-0.4, -0.2) is 28.9 Å². The lowest BCUT2D eigenvalue weighted by molar-refractivity contribution is -0.116. The maximum absolute atomic E-state index is 12.8. The van der Waals surface area contributed by atoms with Gasteiger partial charge in [0.2, 0.25) is 5.91 Å². The van der Waals surface area contributed by atoms with Gasteiger partial charge in [0.05, 0.1) is 11.8 Å². The number of anilines is 1. The first-order chi connectivity index (χ1) is 13.6. The zero-order valence-corrected chi connectivity index (χ0v) is 16.2. The molecule has 0 radical (unpaired) electrons. The van der Waals surface area contributed by atoms with Crippen LogP contribution in [0.2, 0.25) is 5.02 Å². The monoisotopic (exact) mass is 396 g/mol. The minimum Gasteiger partial charge on any atom is -0.355 e. The van der Waals surface area contributed by atoms with Crippen LogP contribution < -0.4 is 15.9 Å². The van der Waals surface area contributed by atoms with Crippen molar-refractivity contribution in [2.45, 2.75) is 25.7 Å². The van der Waals surface area contributed by atoms with Crippen LogP contribution in [0.25, 0.3) is 10.8 Å². The molecular formula is C21H21ClN4O2. The van der Waals surface area contributed by atoms with Crippen molar-refractivity contribution >= 4 is 34.1 Å². The fourth-order valence-corrected chi connectivity index (χ4v) is 3.66. The van der Waals surface area contributed by atoms with Crippen molar-refractivity contribution in [1.29, 1.82) is 0 Å². The Kier molecular flexibility index (Phi) is 5.30. The standard InChI is InChI=1S/C21H21ClN4O2/c22-16-10-8-15(9-11-16)14-19(27)23-26-21(28)18-7-3-2-6-17(18)20(24-26)25-12-4-1-5-13-25/h2-3,6-11H,1,4-5,12-14H2,(H,23,27). The molecule has 1 aromatic heterocycles. The van der Waals surface area contributed by atoms with Crippen LogP contribution in [0.1, 0.15) is 24.8 Å². The maximum Gasteiger partial charge on any atom is 0.294 e. The lowest BCUT2D eigenvalue weighted by Gasteiger charge is -2.28. The van der Waals surface area contributed by atoms with Gasteiger partial charge in [-0.15, -0.1) is 9.89 Å². The van der Waals surface area contributed by atoms with Gasteiger partial charge in [-0.1, -0.05) is 41.9 Å². The van der Waals surface area contributed by atoms with E-state index in [-0.39, 0.29) is 17.9 Å². The second-order valence-electron chi connectivity index (χ2n) is 6.97. The Morgan fingerprint density at radius 1 is 1.00 bits per heavy atom. The SMILES string of the molecule is O=C(Cc1ccc(Cl)cc1)Nn1nc(N2CCCCC2)c2ccccc2c1=O. The summed E-state index contributed by atoms with van der Waals surface area (Å²) in [5.74, 6) is 0.429. The third kappa shape index (κ3) is 3.87. The molecular weight excluding hydrogens is 376 g/mol. The average molecular weight is 397 g/mol. The summed E-state index contributed by atoms with van der Waals surface area (Å²) in [6.07, 6.45) is 3.53. The number of carbonyl (C=O) groups excluding carboxylic acids is 1. The molecule has 4 rings (SSSR count). The van der Waals surface area contributed by atoms with Crippen LogP contribution in [-0.2, 0) is 11.2 Å². The van der Waals surface area contributed by atoms with Crippen molar-refractivity contribution in [3.8, 4) is 0 Å². The van der Waals surface area contributed by atoms with E-state index in [1.165, 1.54) is 6.42 Å². The van der Waals surface area contributed by atoms with Gasteiger partial charge in [0.1, 0.15) is 0 Å². The number of hydrogen-bond donors (Lipinski definition) is 1. The zero-order valence-electron chi connectivity index (χ0n) is 15.4. The number of amides is 1. The zero-order chi connectivity index (χ0) is 19.5. The largest absolute Gasteiger partial charge is 0.355 e. The van der Waals surface area contributed by atoms with Gasteiger partial charge >= 0.3 is 0 Å². The molecule has 0 aliphatic carbocycles. The van der Waals surface area contributed by atoms with Crippen molar-refractivity contribution in [3.63, 3.8) is 0 Å².